The van der Waals surface area contributed by atoms with Gasteiger partial charge in [0.2, 0.25) is 0 Å². The normalized spacial score (nSPS) is 13.6. The molecular formula is C15H17N3O3. The van der Waals surface area contributed by atoms with Crippen molar-refractivity contribution in [1.29, 1.82) is 0 Å². The average Bonchev–Trinajstić information content (AvgIpc) is 2.53. The number of nitro benzene ring substituents is 1. The van der Waals surface area contributed by atoms with Crippen LogP contribution in [0, 0.1) is 10.1 Å². The zero-order valence-electron chi connectivity index (χ0n) is 11.6. The van der Waals surface area contributed by atoms with Crippen molar-refractivity contribution in [2.24, 2.45) is 0 Å². The molecule has 2 atom stereocenters. The highest BCUT2D eigenvalue weighted by molar-refractivity contribution is 5.33. The lowest BCUT2D eigenvalue weighted by Crippen LogP contribution is -2.25. The highest BCUT2D eigenvalue weighted by atomic mass is 16.6. The van der Waals surface area contributed by atoms with Crippen molar-refractivity contribution in [3.8, 4) is 0 Å². The number of hydrogen-bond donors (Lipinski definition) is 2. The number of nitro groups is 1. The first-order valence-corrected chi connectivity index (χ1v) is 6.64. The zero-order valence-corrected chi connectivity index (χ0v) is 11.6. The molecule has 0 amide bonds. The molecule has 110 valence electrons. The van der Waals surface area contributed by atoms with Gasteiger partial charge in [-0.1, -0.05) is 6.07 Å². The molecule has 0 saturated heterocycles. The van der Waals surface area contributed by atoms with Gasteiger partial charge in [-0.05, 0) is 36.8 Å². The fourth-order valence-corrected chi connectivity index (χ4v) is 1.96. The summed E-state index contributed by atoms with van der Waals surface area (Å²) in [4.78, 5) is 14.4. The van der Waals surface area contributed by atoms with Crippen molar-refractivity contribution >= 4 is 5.69 Å². The van der Waals surface area contributed by atoms with E-state index in [4.69, 9.17) is 0 Å². The summed E-state index contributed by atoms with van der Waals surface area (Å²) in [5, 5.41) is 23.9. The SMILES string of the molecule is C[C@H](NCC(O)c1ccc([N+](=O)[O-])cc1)c1ccccn1. The van der Waals surface area contributed by atoms with Gasteiger partial charge in [-0.3, -0.25) is 15.1 Å². The molecule has 0 aliphatic heterocycles. The number of nitrogens with one attached hydrogen (secondary N) is 1. The second-order valence-electron chi connectivity index (χ2n) is 4.75. The maximum Gasteiger partial charge on any atom is 0.269 e. The van der Waals surface area contributed by atoms with E-state index in [9.17, 15) is 15.2 Å². The number of aromatic nitrogens is 1. The molecule has 1 heterocycles. The smallest absolute Gasteiger partial charge is 0.269 e. The second-order valence-corrected chi connectivity index (χ2v) is 4.75. The Labute approximate surface area is 122 Å². The highest BCUT2D eigenvalue weighted by Gasteiger charge is 2.12. The molecule has 1 aromatic heterocycles. The summed E-state index contributed by atoms with van der Waals surface area (Å²) in [6.07, 6.45) is 0.997. The molecule has 0 aliphatic rings. The Hall–Kier alpha value is -2.31. The number of hydrogen-bond acceptors (Lipinski definition) is 5. The van der Waals surface area contributed by atoms with Gasteiger partial charge >= 0.3 is 0 Å². The molecule has 0 bridgehead atoms. The summed E-state index contributed by atoms with van der Waals surface area (Å²) >= 11 is 0. The van der Waals surface area contributed by atoms with Crippen LogP contribution in [0.2, 0.25) is 0 Å². The summed E-state index contributed by atoms with van der Waals surface area (Å²) in [6, 6.07) is 11.6. The Morgan fingerprint density at radius 1 is 1.29 bits per heavy atom. The van der Waals surface area contributed by atoms with E-state index >= 15 is 0 Å². The Morgan fingerprint density at radius 2 is 2.00 bits per heavy atom. The Morgan fingerprint density at radius 3 is 2.57 bits per heavy atom. The summed E-state index contributed by atoms with van der Waals surface area (Å²) < 4.78 is 0. The Bertz CT molecular complexity index is 587. The van der Waals surface area contributed by atoms with E-state index in [1.54, 1.807) is 18.3 Å². The van der Waals surface area contributed by atoms with E-state index < -0.39 is 11.0 Å². The molecule has 2 N–H and O–H groups in total. The lowest BCUT2D eigenvalue weighted by molar-refractivity contribution is -0.384. The molecule has 6 heteroatoms. The minimum absolute atomic E-state index is 0.0129. The van der Waals surface area contributed by atoms with Crippen molar-refractivity contribution in [2.75, 3.05) is 6.54 Å². The van der Waals surface area contributed by atoms with Gasteiger partial charge in [0.15, 0.2) is 0 Å². The van der Waals surface area contributed by atoms with E-state index in [1.165, 1.54) is 12.1 Å². The number of nitrogens with zero attached hydrogens (tertiary/aromatic N) is 2. The van der Waals surface area contributed by atoms with Crippen molar-refractivity contribution in [3.63, 3.8) is 0 Å². The Kier molecular flexibility index (Phi) is 4.97. The van der Waals surface area contributed by atoms with Crippen LogP contribution in [0.15, 0.2) is 48.7 Å². The second kappa shape index (κ2) is 6.92. The van der Waals surface area contributed by atoms with Crippen molar-refractivity contribution in [1.82, 2.24) is 10.3 Å². The van der Waals surface area contributed by atoms with Gasteiger partial charge in [0, 0.05) is 30.9 Å². The van der Waals surface area contributed by atoms with Crippen LogP contribution in [-0.2, 0) is 0 Å². The van der Waals surface area contributed by atoms with Crippen molar-refractivity contribution < 1.29 is 10.0 Å². The fraction of sp³-hybridized carbons (Fsp3) is 0.267. The summed E-state index contributed by atoms with van der Waals surface area (Å²) in [5.41, 5.74) is 1.55. The Balaban J connectivity index is 1.92. The third kappa shape index (κ3) is 4.08. The molecular weight excluding hydrogens is 270 g/mol. The van der Waals surface area contributed by atoms with Gasteiger partial charge in [-0.25, -0.2) is 0 Å². The predicted molar refractivity (Wildman–Crippen MR) is 78.7 cm³/mol. The number of non-ortho nitro benzene ring substituents is 1. The van der Waals surface area contributed by atoms with E-state index in [2.05, 4.69) is 10.3 Å². The summed E-state index contributed by atoms with van der Waals surface area (Å²) in [6.45, 7) is 2.31. The van der Waals surface area contributed by atoms with Crippen molar-refractivity contribution in [3.05, 3.63) is 70.0 Å². The third-order valence-corrected chi connectivity index (χ3v) is 3.24. The maximum atomic E-state index is 10.6. The number of benzene rings is 1. The topological polar surface area (TPSA) is 88.3 Å². The third-order valence-electron chi connectivity index (χ3n) is 3.24. The molecule has 21 heavy (non-hydrogen) atoms. The quantitative estimate of drug-likeness (QED) is 0.629. The van der Waals surface area contributed by atoms with Crippen LogP contribution in [-0.4, -0.2) is 21.6 Å². The van der Waals surface area contributed by atoms with Gasteiger partial charge in [0.1, 0.15) is 0 Å². The number of aliphatic hydroxyl groups is 1. The molecule has 0 saturated carbocycles. The molecule has 0 fully saturated rings. The molecule has 0 spiro atoms. The standard InChI is InChI=1S/C15H17N3O3/c1-11(14-4-2-3-9-16-14)17-10-15(19)12-5-7-13(8-6-12)18(20)21/h2-9,11,15,17,19H,10H2,1H3/t11-,15?/m0/s1. The molecule has 2 aromatic rings. The van der Waals surface area contributed by atoms with Crippen LogP contribution in [0.25, 0.3) is 0 Å². The van der Waals surface area contributed by atoms with Gasteiger partial charge in [-0.15, -0.1) is 0 Å². The summed E-state index contributed by atoms with van der Waals surface area (Å²) in [7, 11) is 0. The van der Waals surface area contributed by atoms with Crippen LogP contribution < -0.4 is 5.32 Å². The monoisotopic (exact) mass is 287 g/mol. The molecule has 0 radical (unpaired) electrons. The minimum Gasteiger partial charge on any atom is -0.387 e. The molecule has 1 unspecified atom stereocenters. The first-order valence-electron chi connectivity index (χ1n) is 6.64. The van der Waals surface area contributed by atoms with E-state index in [0.29, 0.717) is 12.1 Å². The summed E-state index contributed by atoms with van der Waals surface area (Å²) in [5.74, 6) is 0. The maximum absolute atomic E-state index is 10.6. The van der Waals surface area contributed by atoms with Gasteiger partial charge in [0.05, 0.1) is 16.7 Å². The molecule has 1 aromatic carbocycles. The predicted octanol–water partition coefficient (Wildman–Crippen LogP) is 2.37. The average molecular weight is 287 g/mol. The van der Waals surface area contributed by atoms with Crippen LogP contribution in [0.1, 0.15) is 30.3 Å². The zero-order chi connectivity index (χ0) is 15.2. The first-order chi connectivity index (χ1) is 10.1. The van der Waals surface area contributed by atoms with Gasteiger partial charge < -0.3 is 10.4 Å². The highest BCUT2D eigenvalue weighted by Crippen LogP contribution is 2.18. The number of aliphatic hydroxyl groups excluding tert-OH is 1. The molecule has 2 rings (SSSR count). The molecule has 6 nitrogen and oxygen atoms in total. The van der Waals surface area contributed by atoms with Gasteiger partial charge in [0.25, 0.3) is 5.69 Å². The van der Waals surface area contributed by atoms with Crippen LogP contribution in [0.5, 0.6) is 0 Å². The lowest BCUT2D eigenvalue weighted by atomic mass is 10.1. The van der Waals surface area contributed by atoms with E-state index in [-0.39, 0.29) is 11.7 Å². The van der Waals surface area contributed by atoms with E-state index in [1.807, 2.05) is 25.1 Å². The molecule has 0 aliphatic carbocycles. The fourth-order valence-electron chi connectivity index (χ4n) is 1.96. The largest absolute Gasteiger partial charge is 0.387 e. The lowest BCUT2D eigenvalue weighted by Gasteiger charge is -2.17. The van der Waals surface area contributed by atoms with Crippen LogP contribution >= 0.6 is 0 Å². The van der Waals surface area contributed by atoms with Crippen LogP contribution in [0.4, 0.5) is 5.69 Å². The first kappa shape index (κ1) is 15.1. The number of pyridine rings is 1. The van der Waals surface area contributed by atoms with Crippen LogP contribution in [0.3, 0.4) is 0 Å². The van der Waals surface area contributed by atoms with Gasteiger partial charge in [-0.2, -0.15) is 0 Å². The minimum atomic E-state index is -0.725. The van der Waals surface area contributed by atoms with Crippen molar-refractivity contribution in [2.45, 2.75) is 19.1 Å². The van der Waals surface area contributed by atoms with E-state index in [0.717, 1.165) is 5.69 Å². The number of rotatable bonds is 6.